The molecular weight excluding hydrogens is 269 g/mol. The molecule has 1 aliphatic rings. The molecule has 1 unspecified atom stereocenters. The predicted molar refractivity (Wildman–Crippen MR) is 82.0 cm³/mol. The van der Waals surface area contributed by atoms with Crippen molar-refractivity contribution in [2.24, 2.45) is 0 Å². The molecule has 1 fully saturated rings. The zero-order valence-corrected chi connectivity index (χ0v) is 12.8. The van der Waals surface area contributed by atoms with E-state index in [1.54, 1.807) is 18.2 Å². The molecular formula is C17H26FNO2. The number of benzene rings is 1. The third-order valence-corrected chi connectivity index (χ3v) is 4.21. The normalized spacial score (nSPS) is 17.9. The minimum atomic E-state index is -0.591. The Kier molecular flexibility index (Phi) is 6.46. The Morgan fingerprint density at radius 1 is 1.29 bits per heavy atom. The Morgan fingerprint density at radius 2 is 2.00 bits per heavy atom. The van der Waals surface area contributed by atoms with Gasteiger partial charge in [-0.2, -0.15) is 0 Å². The summed E-state index contributed by atoms with van der Waals surface area (Å²) in [6, 6.07) is 6.88. The van der Waals surface area contributed by atoms with Gasteiger partial charge in [0.1, 0.15) is 12.7 Å². The maximum Gasteiger partial charge on any atom is 0.165 e. The van der Waals surface area contributed by atoms with Gasteiger partial charge in [0.15, 0.2) is 11.6 Å². The summed E-state index contributed by atoms with van der Waals surface area (Å²) in [5.74, 6) is -0.179. The predicted octanol–water partition coefficient (Wildman–Crippen LogP) is 3.22. The minimum Gasteiger partial charge on any atom is -0.488 e. The van der Waals surface area contributed by atoms with Crippen LogP contribution in [0.4, 0.5) is 4.39 Å². The van der Waals surface area contributed by atoms with Crippen molar-refractivity contribution in [1.29, 1.82) is 0 Å². The second-order valence-corrected chi connectivity index (χ2v) is 5.77. The highest BCUT2D eigenvalue weighted by atomic mass is 19.1. The van der Waals surface area contributed by atoms with Crippen LogP contribution in [-0.2, 0) is 0 Å². The average Bonchev–Trinajstić information content (AvgIpc) is 2.52. The van der Waals surface area contributed by atoms with Gasteiger partial charge >= 0.3 is 0 Å². The number of ether oxygens (including phenoxy) is 1. The summed E-state index contributed by atoms with van der Waals surface area (Å²) in [7, 11) is 0. The van der Waals surface area contributed by atoms with Crippen LogP contribution in [0, 0.1) is 5.82 Å². The van der Waals surface area contributed by atoms with Gasteiger partial charge in [0, 0.05) is 12.6 Å². The van der Waals surface area contributed by atoms with Gasteiger partial charge in [-0.15, -0.1) is 0 Å². The van der Waals surface area contributed by atoms with Crippen molar-refractivity contribution in [2.45, 2.75) is 51.2 Å². The van der Waals surface area contributed by atoms with E-state index in [4.69, 9.17) is 4.74 Å². The summed E-state index contributed by atoms with van der Waals surface area (Å²) in [5, 5.41) is 10.1. The lowest BCUT2D eigenvalue weighted by atomic mass is 9.94. The van der Waals surface area contributed by atoms with E-state index in [1.807, 2.05) is 0 Å². The Labute approximate surface area is 126 Å². The summed E-state index contributed by atoms with van der Waals surface area (Å²) in [5.41, 5.74) is 0. The van der Waals surface area contributed by atoms with Crippen molar-refractivity contribution in [2.75, 3.05) is 19.7 Å². The SMILES string of the molecule is CCN(CC(O)COc1ccccc1F)C1CCCCC1. The van der Waals surface area contributed by atoms with Crippen molar-refractivity contribution >= 4 is 0 Å². The molecule has 0 saturated heterocycles. The lowest BCUT2D eigenvalue weighted by Gasteiger charge is -2.34. The van der Waals surface area contributed by atoms with Gasteiger partial charge < -0.3 is 9.84 Å². The Morgan fingerprint density at radius 3 is 2.67 bits per heavy atom. The molecule has 0 spiro atoms. The van der Waals surface area contributed by atoms with Crippen molar-refractivity contribution < 1.29 is 14.2 Å². The van der Waals surface area contributed by atoms with Crippen LogP contribution in [0.25, 0.3) is 0 Å². The zero-order valence-electron chi connectivity index (χ0n) is 12.8. The molecule has 3 nitrogen and oxygen atoms in total. The highest BCUT2D eigenvalue weighted by molar-refractivity contribution is 5.23. The van der Waals surface area contributed by atoms with Crippen LogP contribution in [0.5, 0.6) is 5.75 Å². The van der Waals surface area contributed by atoms with E-state index < -0.39 is 6.10 Å². The summed E-state index contributed by atoms with van der Waals surface area (Å²) in [4.78, 5) is 2.33. The van der Waals surface area contributed by atoms with Crippen LogP contribution in [0.15, 0.2) is 24.3 Å². The number of hydrogen-bond acceptors (Lipinski definition) is 3. The molecule has 0 aromatic heterocycles. The van der Waals surface area contributed by atoms with Crippen molar-refractivity contribution in [3.63, 3.8) is 0 Å². The van der Waals surface area contributed by atoms with E-state index in [0.717, 1.165) is 6.54 Å². The molecule has 1 aromatic rings. The second-order valence-electron chi connectivity index (χ2n) is 5.77. The highest BCUT2D eigenvalue weighted by Gasteiger charge is 2.22. The maximum absolute atomic E-state index is 13.4. The molecule has 21 heavy (non-hydrogen) atoms. The van der Waals surface area contributed by atoms with E-state index in [2.05, 4.69) is 11.8 Å². The number of para-hydroxylation sites is 1. The molecule has 1 N–H and O–H groups in total. The van der Waals surface area contributed by atoms with Gasteiger partial charge in [0.25, 0.3) is 0 Å². The molecule has 0 aliphatic heterocycles. The van der Waals surface area contributed by atoms with Crippen molar-refractivity contribution in [3.8, 4) is 5.75 Å². The molecule has 118 valence electrons. The van der Waals surface area contributed by atoms with E-state index in [9.17, 15) is 9.50 Å². The molecule has 1 saturated carbocycles. The fourth-order valence-electron chi connectivity index (χ4n) is 3.05. The number of nitrogens with zero attached hydrogens (tertiary/aromatic N) is 1. The number of aliphatic hydroxyl groups excluding tert-OH is 1. The highest BCUT2D eigenvalue weighted by Crippen LogP contribution is 2.22. The topological polar surface area (TPSA) is 32.7 Å². The first-order valence-electron chi connectivity index (χ1n) is 8.00. The van der Waals surface area contributed by atoms with E-state index in [0.29, 0.717) is 12.6 Å². The molecule has 0 heterocycles. The Hall–Kier alpha value is -1.13. The number of likely N-dealkylation sites (N-methyl/N-ethyl adjacent to an activating group) is 1. The molecule has 1 aromatic carbocycles. The molecule has 1 aliphatic carbocycles. The van der Waals surface area contributed by atoms with Crippen molar-refractivity contribution in [3.05, 3.63) is 30.1 Å². The van der Waals surface area contributed by atoms with E-state index in [1.165, 1.54) is 38.2 Å². The smallest absolute Gasteiger partial charge is 0.165 e. The first-order chi connectivity index (χ1) is 10.2. The van der Waals surface area contributed by atoms with Gasteiger partial charge in [-0.1, -0.05) is 38.3 Å². The third-order valence-electron chi connectivity index (χ3n) is 4.21. The fourth-order valence-corrected chi connectivity index (χ4v) is 3.05. The molecule has 1 atom stereocenters. The van der Waals surface area contributed by atoms with Gasteiger partial charge in [0.2, 0.25) is 0 Å². The van der Waals surface area contributed by atoms with Crippen molar-refractivity contribution in [1.82, 2.24) is 4.90 Å². The zero-order chi connectivity index (χ0) is 15.1. The van der Waals surface area contributed by atoms with Crippen LogP contribution in [0.1, 0.15) is 39.0 Å². The molecule has 0 bridgehead atoms. The maximum atomic E-state index is 13.4. The van der Waals surface area contributed by atoms with Gasteiger partial charge in [0.05, 0.1) is 0 Å². The molecule has 2 rings (SSSR count). The number of aliphatic hydroxyl groups is 1. The number of hydrogen-bond donors (Lipinski definition) is 1. The van der Waals surface area contributed by atoms with Crippen LogP contribution in [0.3, 0.4) is 0 Å². The standard InChI is InChI=1S/C17H26FNO2/c1-2-19(14-8-4-3-5-9-14)12-15(20)13-21-17-11-7-6-10-16(17)18/h6-7,10-11,14-15,20H,2-5,8-9,12-13H2,1H3. The summed E-state index contributed by atoms with van der Waals surface area (Å²) < 4.78 is 18.8. The van der Waals surface area contributed by atoms with E-state index in [-0.39, 0.29) is 18.2 Å². The Balaban J connectivity index is 1.79. The monoisotopic (exact) mass is 295 g/mol. The number of halogens is 1. The summed E-state index contributed by atoms with van der Waals surface area (Å²) in [6.07, 6.45) is 5.73. The number of rotatable bonds is 7. The third kappa shape index (κ3) is 4.97. The second kappa shape index (κ2) is 8.35. The van der Waals surface area contributed by atoms with Gasteiger partial charge in [-0.05, 0) is 31.5 Å². The fraction of sp³-hybridized carbons (Fsp3) is 0.647. The van der Waals surface area contributed by atoms with Gasteiger partial charge in [-0.3, -0.25) is 4.90 Å². The quantitative estimate of drug-likeness (QED) is 0.838. The van der Waals surface area contributed by atoms with Gasteiger partial charge in [-0.25, -0.2) is 4.39 Å². The summed E-state index contributed by atoms with van der Waals surface area (Å²) >= 11 is 0. The van der Waals surface area contributed by atoms with Crippen LogP contribution in [-0.4, -0.2) is 41.8 Å². The molecule has 0 radical (unpaired) electrons. The largest absolute Gasteiger partial charge is 0.488 e. The molecule has 0 amide bonds. The van der Waals surface area contributed by atoms with Crippen LogP contribution in [0.2, 0.25) is 0 Å². The molecule has 4 heteroatoms. The Bertz CT molecular complexity index is 421. The summed E-state index contributed by atoms with van der Waals surface area (Å²) in [6.45, 7) is 3.78. The first-order valence-corrected chi connectivity index (χ1v) is 8.00. The lowest BCUT2D eigenvalue weighted by molar-refractivity contribution is 0.0454. The van der Waals surface area contributed by atoms with E-state index >= 15 is 0 Å². The van der Waals surface area contributed by atoms with Crippen LogP contribution < -0.4 is 4.74 Å². The first kappa shape index (κ1) is 16.2. The average molecular weight is 295 g/mol. The minimum absolute atomic E-state index is 0.129. The lowest BCUT2D eigenvalue weighted by Crippen LogP contribution is -2.43. The van der Waals surface area contributed by atoms with Crippen LogP contribution >= 0.6 is 0 Å².